The summed E-state index contributed by atoms with van der Waals surface area (Å²) < 4.78 is 0. The van der Waals surface area contributed by atoms with Crippen LogP contribution in [-0.4, -0.2) is 0 Å². The van der Waals surface area contributed by atoms with Crippen molar-refractivity contribution in [2.45, 2.75) is 39.5 Å². The Morgan fingerprint density at radius 3 is 1.43 bits per heavy atom. The van der Waals surface area contributed by atoms with Crippen LogP contribution in [0.1, 0.15) is 50.7 Å². The summed E-state index contributed by atoms with van der Waals surface area (Å²) in [4.78, 5) is 0. The lowest BCUT2D eigenvalue weighted by molar-refractivity contribution is 0.875. The van der Waals surface area contributed by atoms with Crippen molar-refractivity contribution in [3.8, 4) is 0 Å². The number of fused-ring (bicyclic) bond motifs is 9. The van der Waals surface area contributed by atoms with Crippen molar-refractivity contribution in [1.82, 2.24) is 0 Å². The highest BCUT2D eigenvalue weighted by Gasteiger charge is 2.25. The zero-order valence-corrected chi connectivity index (χ0v) is 23.4. The Balaban J connectivity index is 1.62. The first-order chi connectivity index (χ1) is 19.5. The minimum atomic E-state index is 0.394. The maximum absolute atomic E-state index is 2.54. The third kappa shape index (κ3) is 2.62. The molecule has 0 amide bonds. The molecule has 0 saturated heterocycles. The maximum Gasteiger partial charge on any atom is -0.00197 e. The van der Waals surface area contributed by atoms with Gasteiger partial charge in [0.2, 0.25) is 0 Å². The summed E-state index contributed by atoms with van der Waals surface area (Å²) in [5.74, 6) is 0.792. The predicted molar refractivity (Wildman–Crippen MR) is 177 cm³/mol. The van der Waals surface area contributed by atoms with Crippen molar-refractivity contribution >= 4 is 86.2 Å². The maximum atomic E-state index is 2.54. The minimum absolute atomic E-state index is 0.394. The molecule has 0 fully saturated rings. The molecule has 0 bridgehead atoms. The van der Waals surface area contributed by atoms with Gasteiger partial charge in [-0.2, -0.15) is 0 Å². The molecule has 0 aliphatic carbocycles. The predicted octanol–water partition coefficient (Wildman–Crippen LogP) is 12.0. The van der Waals surface area contributed by atoms with Gasteiger partial charge in [0.25, 0.3) is 0 Å². The van der Waals surface area contributed by atoms with Crippen LogP contribution in [0.15, 0.2) is 97.1 Å². The molecule has 0 aromatic heterocycles. The van der Waals surface area contributed by atoms with Crippen LogP contribution in [0.4, 0.5) is 0 Å². The van der Waals surface area contributed by atoms with Crippen molar-refractivity contribution in [1.29, 1.82) is 0 Å². The van der Waals surface area contributed by atoms with Gasteiger partial charge in [-0.1, -0.05) is 107 Å². The van der Waals surface area contributed by atoms with Gasteiger partial charge in [-0.3, -0.25) is 0 Å². The van der Waals surface area contributed by atoms with Crippen molar-refractivity contribution in [3.05, 3.63) is 108 Å². The highest BCUT2D eigenvalue weighted by molar-refractivity contribution is 6.39. The number of rotatable bonds is 2. The molecular weight excluding hydrogens is 480 g/mol. The van der Waals surface area contributed by atoms with Crippen molar-refractivity contribution in [2.75, 3.05) is 0 Å². The molecule has 0 aliphatic rings. The molecule has 0 N–H and O–H groups in total. The van der Waals surface area contributed by atoms with E-state index in [1.807, 2.05) is 0 Å². The van der Waals surface area contributed by atoms with Crippen LogP contribution < -0.4 is 0 Å². The van der Waals surface area contributed by atoms with Crippen LogP contribution in [0.25, 0.3) is 86.2 Å². The number of hydrogen-bond acceptors (Lipinski definition) is 0. The first kappa shape index (κ1) is 22.4. The molecule has 40 heavy (non-hydrogen) atoms. The molecule has 0 aliphatic heterocycles. The fourth-order valence-corrected chi connectivity index (χ4v) is 8.15. The summed E-state index contributed by atoms with van der Waals surface area (Å²) in [7, 11) is 0. The standard InChI is InChI=1S/C40H30/c1-21(2)35-32-19-30-27-14-7-11-23-12-8-15-28(37(23)27)31(30)20-33(32)36(22(3)4)40-34-18-24-10-5-6-13-25(24)26-16-9-17-29(38(26)34)39(35)40/h5-22H,1-4H3. The summed E-state index contributed by atoms with van der Waals surface area (Å²) in [6.45, 7) is 9.53. The fraction of sp³-hybridized carbons (Fsp3) is 0.150. The first-order valence-electron chi connectivity index (χ1n) is 14.7. The lowest BCUT2D eigenvalue weighted by Gasteiger charge is -2.20. The number of benzene rings is 7. The van der Waals surface area contributed by atoms with Crippen LogP contribution in [0.5, 0.6) is 0 Å². The van der Waals surface area contributed by atoms with Crippen molar-refractivity contribution in [2.24, 2.45) is 0 Å². The lowest BCUT2D eigenvalue weighted by Crippen LogP contribution is -1.98. The van der Waals surface area contributed by atoms with Crippen LogP contribution in [0.2, 0.25) is 0 Å². The van der Waals surface area contributed by atoms with E-state index in [9.17, 15) is 0 Å². The molecular formula is C40H30. The van der Waals surface area contributed by atoms with Gasteiger partial charge in [0, 0.05) is 0 Å². The molecule has 0 radical (unpaired) electrons. The smallest absolute Gasteiger partial charge is 0.00197 e. The van der Waals surface area contributed by atoms with E-state index < -0.39 is 0 Å². The Hall–Kier alpha value is -4.42. The number of hydrogen-bond donors (Lipinski definition) is 0. The quantitative estimate of drug-likeness (QED) is 0.203. The molecule has 0 saturated carbocycles. The Morgan fingerprint density at radius 1 is 0.325 bits per heavy atom. The second kappa shape index (κ2) is 7.61. The van der Waals surface area contributed by atoms with E-state index in [0.29, 0.717) is 11.8 Å². The van der Waals surface area contributed by atoms with E-state index in [4.69, 9.17) is 0 Å². The normalized spacial score (nSPS) is 12.9. The molecule has 190 valence electrons. The Morgan fingerprint density at radius 2 is 0.800 bits per heavy atom. The van der Waals surface area contributed by atoms with Crippen LogP contribution in [-0.2, 0) is 0 Å². The summed E-state index contributed by atoms with van der Waals surface area (Å²) >= 11 is 0. The van der Waals surface area contributed by atoms with Gasteiger partial charge < -0.3 is 0 Å². The van der Waals surface area contributed by atoms with Gasteiger partial charge in [-0.05, 0) is 127 Å². The summed E-state index contributed by atoms with van der Waals surface area (Å²) in [5, 5.41) is 22.4. The monoisotopic (exact) mass is 510 g/mol. The van der Waals surface area contributed by atoms with Gasteiger partial charge in [-0.25, -0.2) is 0 Å². The van der Waals surface area contributed by atoms with E-state index in [1.165, 1.54) is 97.3 Å². The van der Waals surface area contributed by atoms with E-state index >= 15 is 0 Å². The summed E-state index contributed by atoms with van der Waals surface area (Å²) in [6, 6.07) is 37.0. The van der Waals surface area contributed by atoms with Crippen molar-refractivity contribution in [3.63, 3.8) is 0 Å². The van der Waals surface area contributed by atoms with E-state index in [-0.39, 0.29) is 0 Å². The second-order valence-corrected chi connectivity index (χ2v) is 12.4. The Labute approximate surface area is 233 Å². The Kier molecular flexibility index (Phi) is 4.26. The first-order valence-corrected chi connectivity index (χ1v) is 14.7. The lowest BCUT2D eigenvalue weighted by atomic mass is 9.83. The van der Waals surface area contributed by atoms with E-state index in [1.54, 1.807) is 0 Å². The van der Waals surface area contributed by atoms with E-state index in [0.717, 1.165) is 0 Å². The average Bonchev–Trinajstić information content (AvgIpc) is 3.45. The molecule has 0 heterocycles. The van der Waals surface area contributed by atoms with Gasteiger partial charge in [-0.15, -0.1) is 0 Å². The SMILES string of the molecule is CC(C)c1c2cc3c(cc2c(C(C)C)c2c4cc5ccccc5c5cccc(c12)c54)c1cccc2cccc3c21. The molecule has 0 unspecified atom stereocenters. The van der Waals surface area contributed by atoms with Crippen LogP contribution in [0.3, 0.4) is 0 Å². The Bertz CT molecular complexity index is 2470. The molecule has 0 spiro atoms. The van der Waals surface area contributed by atoms with Crippen LogP contribution >= 0.6 is 0 Å². The van der Waals surface area contributed by atoms with Crippen molar-refractivity contribution < 1.29 is 0 Å². The molecule has 9 aromatic rings. The van der Waals surface area contributed by atoms with Gasteiger partial charge in [0.05, 0.1) is 0 Å². The van der Waals surface area contributed by atoms with Gasteiger partial charge >= 0.3 is 0 Å². The van der Waals surface area contributed by atoms with Gasteiger partial charge in [0.15, 0.2) is 0 Å². The minimum Gasteiger partial charge on any atom is -0.0616 e. The molecule has 0 nitrogen and oxygen atoms in total. The zero-order chi connectivity index (χ0) is 26.9. The zero-order valence-electron chi connectivity index (χ0n) is 23.4. The highest BCUT2D eigenvalue weighted by atomic mass is 14.3. The largest absolute Gasteiger partial charge is 0.0616 e. The van der Waals surface area contributed by atoms with Crippen LogP contribution in [0, 0.1) is 0 Å². The summed E-state index contributed by atoms with van der Waals surface area (Å²) in [5.41, 5.74) is 2.99. The molecule has 9 rings (SSSR count). The summed E-state index contributed by atoms with van der Waals surface area (Å²) in [6.07, 6.45) is 0. The average molecular weight is 511 g/mol. The second-order valence-electron chi connectivity index (χ2n) is 12.4. The fourth-order valence-electron chi connectivity index (χ4n) is 8.15. The third-order valence-electron chi connectivity index (χ3n) is 9.59. The third-order valence-corrected chi connectivity index (χ3v) is 9.59. The topological polar surface area (TPSA) is 0 Å². The van der Waals surface area contributed by atoms with E-state index in [2.05, 4.69) is 125 Å². The highest BCUT2D eigenvalue weighted by Crippen LogP contribution is 2.51. The molecule has 0 heteroatoms. The molecule has 0 atom stereocenters. The van der Waals surface area contributed by atoms with Gasteiger partial charge in [0.1, 0.15) is 0 Å². The molecule has 9 aromatic carbocycles.